The summed E-state index contributed by atoms with van der Waals surface area (Å²) in [6.07, 6.45) is 0.792. The largest absolute Gasteiger partial charge is 0.481 e. The zero-order valence-electron chi connectivity index (χ0n) is 13.0. The third-order valence-corrected chi connectivity index (χ3v) is 3.26. The van der Waals surface area contributed by atoms with Crippen LogP contribution in [0.2, 0.25) is 0 Å². The molecule has 0 aliphatic rings. The van der Waals surface area contributed by atoms with Crippen LogP contribution in [-0.4, -0.2) is 36.0 Å². The predicted molar refractivity (Wildman–Crippen MR) is 82.3 cm³/mol. The molecule has 0 aliphatic carbocycles. The van der Waals surface area contributed by atoms with E-state index in [4.69, 9.17) is 0 Å². The summed E-state index contributed by atoms with van der Waals surface area (Å²) in [5.74, 6) is -2.92. The Morgan fingerprint density at radius 2 is 1.65 bits per heavy atom. The number of hydrogen-bond acceptors (Lipinski definition) is 3. The number of rotatable bonds is 9. The fourth-order valence-electron chi connectivity index (χ4n) is 2.04. The zero-order valence-corrected chi connectivity index (χ0v) is 13.0. The molecule has 126 valence electrons. The van der Waals surface area contributed by atoms with E-state index in [0.29, 0.717) is 18.5 Å². The van der Waals surface area contributed by atoms with E-state index in [1.807, 2.05) is 6.92 Å². The number of hydrogen-bond donors (Lipinski definition) is 3. The second kappa shape index (κ2) is 9.55. The molecule has 0 saturated carbocycles. The van der Waals surface area contributed by atoms with Gasteiger partial charge in [-0.25, -0.2) is 4.39 Å². The van der Waals surface area contributed by atoms with Crippen LogP contribution in [0.5, 0.6) is 0 Å². The maximum atomic E-state index is 12.9. The lowest BCUT2D eigenvalue weighted by Gasteiger charge is -2.14. The summed E-state index contributed by atoms with van der Waals surface area (Å²) in [6.45, 7) is 2.27. The lowest BCUT2D eigenvalue weighted by molar-refractivity contribution is -0.138. The number of carbonyl (C=O) groups is 3. The van der Waals surface area contributed by atoms with E-state index in [0.717, 1.165) is 0 Å². The van der Waals surface area contributed by atoms with E-state index in [2.05, 4.69) is 10.6 Å². The van der Waals surface area contributed by atoms with Gasteiger partial charge in [-0.15, -0.1) is 0 Å². The number of carboxylic acid groups (broad SMARTS) is 1. The first-order valence-electron chi connectivity index (χ1n) is 7.45. The second-order valence-electron chi connectivity index (χ2n) is 5.05. The van der Waals surface area contributed by atoms with Crippen molar-refractivity contribution in [3.63, 3.8) is 0 Å². The van der Waals surface area contributed by atoms with E-state index in [9.17, 15) is 23.9 Å². The molecule has 0 heterocycles. The third kappa shape index (κ3) is 6.90. The molecule has 23 heavy (non-hydrogen) atoms. The lowest BCUT2D eigenvalue weighted by Crippen LogP contribution is -2.31. The first kappa shape index (κ1) is 18.6. The summed E-state index contributed by atoms with van der Waals surface area (Å²) < 4.78 is 12.9. The summed E-state index contributed by atoms with van der Waals surface area (Å²) in [5.41, 5.74) is 0.418. The summed E-state index contributed by atoms with van der Waals surface area (Å²) in [7, 11) is 0. The fourth-order valence-corrected chi connectivity index (χ4v) is 2.04. The Hall–Kier alpha value is -2.44. The van der Waals surface area contributed by atoms with Crippen molar-refractivity contribution in [2.75, 3.05) is 13.1 Å². The van der Waals surface area contributed by atoms with E-state index >= 15 is 0 Å². The fraction of sp³-hybridized carbons (Fsp3) is 0.438. The summed E-state index contributed by atoms with van der Waals surface area (Å²) in [6, 6.07) is 5.13. The molecule has 1 atom stereocenters. The molecule has 2 amide bonds. The summed E-state index contributed by atoms with van der Waals surface area (Å²) in [4.78, 5) is 34.2. The molecule has 6 nitrogen and oxygen atoms in total. The van der Waals surface area contributed by atoms with Crippen LogP contribution in [0, 0.1) is 5.82 Å². The number of nitrogens with one attached hydrogen (secondary N) is 2. The Bertz CT molecular complexity index is 546. The van der Waals surface area contributed by atoms with E-state index < -0.39 is 17.7 Å². The predicted octanol–water partition coefficient (Wildman–Crippen LogP) is 1.42. The molecule has 0 radical (unpaired) electrons. The number of carboxylic acids is 1. The Labute approximate surface area is 134 Å². The third-order valence-electron chi connectivity index (χ3n) is 3.26. The Morgan fingerprint density at radius 3 is 2.17 bits per heavy atom. The zero-order chi connectivity index (χ0) is 17.2. The van der Waals surface area contributed by atoms with Crippen molar-refractivity contribution in [3.8, 4) is 0 Å². The van der Waals surface area contributed by atoms with E-state index in [1.165, 1.54) is 24.3 Å². The van der Waals surface area contributed by atoms with Crippen LogP contribution in [-0.2, 0) is 14.4 Å². The van der Waals surface area contributed by atoms with Gasteiger partial charge in [-0.05, 0) is 31.0 Å². The molecule has 0 bridgehead atoms. The minimum atomic E-state index is -1.10. The topological polar surface area (TPSA) is 95.5 Å². The molecule has 0 aliphatic heterocycles. The number of carbonyl (C=O) groups excluding carboxylic acids is 2. The molecular weight excluding hydrogens is 303 g/mol. The number of amides is 2. The van der Waals surface area contributed by atoms with Gasteiger partial charge in [-0.1, -0.05) is 12.1 Å². The van der Waals surface area contributed by atoms with Crippen molar-refractivity contribution < 1.29 is 23.9 Å². The standard InChI is InChI=1S/C16H21FN2O4/c1-2-18-14(20)4-3-5-15(21)19-10-13(16(22)23)11-6-8-12(17)9-7-11/h6-9,13H,2-5,10H2,1H3,(H,18,20)(H,19,21)(H,22,23). The number of aliphatic carboxylic acids is 1. The minimum Gasteiger partial charge on any atom is -0.481 e. The summed E-state index contributed by atoms with van der Waals surface area (Å²) in [5, 5.41) is 14.4. The van der Waals surface area contributed by atoms with Gasteiger partial charge in [0.25, 0.3) is 0 Å². The molecule has 7 heteroatoms. The molecular formula is C16H21FN2O4. The van der Waals surface area contributed by atoms with Crippen molar-refractivity contribution >= 4 is 17.8 Å². The molecule has 0 saturated heterocycles. The highest BCUT2D eigenvalue weighted by Gasteiger charge is 2.20. The van der Waals surface area contributed by atoms with Crippen LogP contribution >= 0.6 is 0 Å². The van der Waals surface area contributed by atoms with Crippen molar-refractivity contribution in [3.05, 3.63) is 35.6 Å². The molecule has 0 aromatic heterocycles. The lowest BCUT2D eigenvalue weighted by atomic mass is 9.99. The number of benzene rings is 1. The van der Waals surface area contributed by atoms with Crippen molar-refractivity contribution in [2.24, 2.45) is 0 Å². The van der Waals surface area contributed by atoms with Crippen LogP contribution < -0.4 is 10.6 Å². The van der Waals surface area contributed by atoms with Gasteiger partial charge >= 0.3 is 5.97 Å². The van der Waals surface area contributed by atoms with E-state index in [1.54, 1.807) is 0 Å². The maximum absolute atomic E-state index is 12.9. The van der Waals surface area contributed by atoms with Crippen LogP contribution in [0.4, 0.5) is 4.39 Å². The number of halogens is 1. The average Bonchev–Trinajstić information content (AvgIpc) is 2.49. The molecule has 1 aromatic carbocycles. The average molecular weight is 324 g/mol. The van der Waals surface area contributed by atoms with Gasteiger partial charge in [0.15, 0.2) is 0 Å². The monoisotopic (exact) mass is 324 g/mol. The smallest absolute Gasteiger partial charge is 0.312 e. The second-order valence-corrected chi connectivity index (χ2v) is 5.05. The van der Waals surface area contributed by atoms with Gasteiger partial charge in [0.2, 0.25) is 11.8 Å². The maximum Gasteiger partial charge on any atom is 0.312 e. The van der Waals surface area contributed by atoms with Gasteiger partial charge in [-0.3, -0.25) is 14.4 Å². The SMILES string of the molecule is CCNC(=O)CCCC(=O)NCC(C(=O)O)c1ccc(F)cc1. The minimum absolute atomic E-state index is 0.0824. The van der Waals surface area contributed by atoms with Crippen LogP contribution in [0.25, 0.3) is 0 Å². The Balaban J connectivity index is 2.43. The van der Waals surface area contributed by atoms with Gasteiger partial charge in [0.05, 0.1) is 5.92 Å². The van der Waals surface area contributed by atoms with E-state index in [-0.39, 0.29) is 31.2 Å². The molecule has 3 N–H and O–H groups in total. The first-order chi connectivity index (χ1) is 10.9. The van der Waals surface area contributed by atoms with Crippen molar-refractivity contribution in [1.29, 1.82) is 0 Å². The molecule has 0 spiro atoms. The molecule has 0 fully saturated rings. The summed E-state index contributed by atoms with van der Waals surface area (Å²) >= 11 is 0. The van der Waals surface area contributed by atoms with Gasteiger partial charge in [0.1, 0.15) is 5.82 Å². The van der Waals surface area contributed by atoms with Crippen LogP contribution in [0.1, 0.15) is 37.7 Å². The van der Waals surface area contributed by atoms with Crippen molar-refractivity contribution in [2.45, 2.75) is 32.1 Å². The van der Waals surface area contributed by atoms with Gasteiger partial charge in [-0.2, -0.15) is 0 Å². The van der Waals surface area contributed by atoms with Gasteiger partial charge < -0.3 is 15.7 Å². The first-order valence-corrected chi connectivity index (χ1v) is 7.45. The normalized spacial score (nSPS) is 11.6. The molecule has 1 rings (SSSR count). The highest BCUT2D eigenvalue weighted by molar-refractivity contribution is 5.80. The van der Waals surface area contributed by atoms with Crippen LogP contribution in [0.15, 0.2) is 24.3 Å². The molecule has 1 aromatic rings. The van der Waals surface area contributed by atoms with Crippen LogP contribution in [0.3, 0.4) is 0 Å². The Morgan fingerprint density at radius 1 is 1.09 bits per heavy atom. The highest BCUT2D eigenvalue weighted by atomic mass is 19.1. The highest BCUT2D eigenvalue weighted by Crippen LogP contribution is 2.16. The quantitative estimate of drug-likeness (QED) is 0.640. The van der Waals surface area contributed by atoms with Crippen molar-refractivity contribution in [1.82, 2.24) is 10.6 Å². The Kier molecular flexibility index (Phi) is 7.73. The van der Waals surface area contributed by atoms with Gasteiger partial charge in [0, 0.05) is 25.9 Å². The molecule has 1 unspecified atom stereocenters.